The quantitative estimate of drug-likeness (QED) is 0.709. The monoisotopic (exact) mass is 391 g/mol. The number of nitrogens with one attached hydrogen (secondary N) is 2. The van der Waals surface area contributed by atoms with E-state index in [1.807, 2.05) is 61.5 Å². The Kier molecular flexibility index (Phi) is 4.94. The average molecular weight is 391 g/mol. The Bertz CT molecular complexity index is 1040. The molecule has 1 aliphatic rings. The molecule has 2 aromatic carbocycles. The molecule has 8 heteroatoms. The van der Waals surface area contributed by atoms with Crippen molar-refractivity contribution < 1.29 is 9.59 Å². The number of para-hydroxylation sites is 1. The maximum absolute atomic E-state index is 12.6. The van der Waals surface area contributed by atoms with Crippen molar-refractivity contribution in [3.8, 4) is 0 Å². The second-order valence-corrected chi connectivity index (χ2v) is 7.11. The third-order valence-electron chi connectivity index (χ3n) is 4.14. The van der Waals surface area contributed by atoms with Gasteiger partial charge in [0.1, 0.15) is 0 Å². The van der Waals surface area contributed by atoms with Gasteiger partial charge in [-0.15, -0.1) is 0 Å². The maximum atomic E-state index is 12.6. The van der Waals surface area contributed by atoms with Crippen molar-refractivity contribution in [2.45, 2.75) is 6.92 Å². The van der Waals surface area contributed by atoms with Crippen LogP contribution in [-0.2, 0) is 4.79 Å². The molecule has 0 bridgehead atoms. The number of aryl methyl sites for hydroxylation is 1. The van der Waals surface area contributed by atoms with Crippen molar-refractivity contribution in [3.63, 3.8) is 0 Å². The molecule has 2 amide bonds. The maximum Gasteiger partial charge on any atom is 0.276 e. The standard InChI is InChI=1S/C20H17N5O2S/c1-13-7-9-14(10-8-13)23-19(27)17-18(22-12-21-17)24-20-25(16(26)11-28-20)15-5-3-2-4-6-15/h2-10,12H,11H2,1H3,(H,21,22)(H,23,27)/b24-20-. The molecule has 0 spiro atoms. The number of benzene rings is 2. The van der Waals surface area contributed by atoms with E-state index in [4.69, 9.17) is 0 Å². The Labute approximate surface area is 165 Å². The minimum absolute atomic E-state index is 0.0591. The van der Waals surface area contributed by atoms with Crippen LogP contribution < -0.4 is 10.2 Å². The number of H-pyrrole nitrogens is 1. The Morgan fingerprint density at radius 3 is 2.68 bits per heavy atom. The molecule has 1 aliphatic heterocycles. The highest BCUT2D eigenvalue weighted by molar-refractivity contribution is 8.15. The molecule has 0 radical (unpaired) electrons. The highest BCUT2D eigenvalue weighted by Gasteiger charge is 2.30. The fraction of sp³-hybridized carbons (Fsp3) is 0.100. The molecule has 4 rings (SSSR count). The van der Waals surface area contributed by atoms with E-state index < -0.39 is 0 Å². The predicted molar refractivity (Wildman–Crippen MR) is 111 cm³/mol. The number of amides is 2. The topological polar surface area (TPSA) is 90.5 Å². The van der Waals surface area contributed by atoms with Gasteiger partial charge in [-0.1, -0.05) is 47.7 Å². The van der Waals surface area contributed by atoms with Crippen molar-refractivity contribution in [1.29, 1.82) is 0 Å². The summed E-state index contributed by atoms with van der Waals surface area (Å²) in [4.78, 5) is 38.0. The van der Waals surface area contributed by atoms with Gasteiger partial charge in [-0.05, 0) is 31.2 Å². The lowest BCUT2D eigenvalue weighted by Crippen LogP contribution is -2.29. The van der Waals surface area contributed by atoms with Crippen LogP contribution in [0.1, 0.15) is 16.1 Å². The van der Waals surface area contributed by atoms with Crippen molar-refractivity contribution >= 4 is 45.9 Å². The SMILES string of the molecule is Cc1ccc(NC(=O)c2[nH]cnc2/N=C2\SCC(=O)N2c2ccccc2)cc1. The minimum Gasteiger partial charge on any atom is -0.339 e. The first-order valence-electron chi connectivity index (χ1n) is 8.63. The molecule has 28 heavy (non-hydrogen) atoms. The van der Waals surface area contributed by atoms with Crippen LogP contribution in [0.5, 0.6) is 0 Å². The van der Waals surface area contributed by atoms with Crippen LogP contribution in [0.4, 0.5) is 17.2 Å². The summed E-state index contributed by atoms with van der Waals surface area (Å²) in [6.07, 6.45) is 1.41. The summed E-state index contributed by atoms with van der Waals surface area (Å²) >= 11 is 1.32. The molecular weight excluding hydrogens is 374 g/mol. The van der Waals surface area contributed by atoms with E-state index in [0.29, 0.717) is 16.6 Å². The Hall–Kier alpha value is -3.39. The third-order valence-corrected chi connectivity index (χ3v) is 5.06. The molecule has 1 fully saturated rings. The number of nitrogens with zero attached hydrogens (tertiary/aromatic N) is 3. The third kappa shape index (κ3) is 3.67. The first kappa shape index (κ1) is 18.0. The number of thioether (sulfide) groups is 1. The normalized spacial score (nSPS) is 15.2. The zero-order valence-electron chi connectivity index (χ0n) is 15.0. The van der Waals surface area contributed by atoms with E-state index in [1.54, 1.807) is 4.90 Å². The first-order valence-corrected chi connectivity index (χ1v) is 9.61. The van der Waals surface area contributed by atoms with Gasteiger partial charge in [0, 0.05) is 5.69 Å². The number of hydrogen-bond donors (Lipinski definition) is 2. The van der Waals surface area contributed by atoms with Gasteiger partial charge in [-0.2, -0.15) is 0 Å². The number of aromatic nitrogens is 2. The van der Waals surface area contributed by atoms with Gasteiger partial charge in [0.05, 0.1) is 17.8 Å². The fourth-order valence-electron chi connectivity index (χ4n) is 2.74. The van der Waals surface area contributed by atoms with E-state index in [0.717, 1.165) is 11.3 Å². The van der Waals surface area contributed by atoms with Gasteiger partial charge in [0.2, 0.25) is 5.91 Å². The van der Waals surface area contributed by atoms with Crippen LogP contribution in [-0.4, -0.2) is 32.7 Å². The van der Waals surface area contributed by atoms with Crippen molar-refractivity contribution in [2.75, 3.05) is 16.0 Å². The van der Waals surface area contributed by atoms with E-state index in [9.17, 15) is 9.59 Å². The molecule has 1 saturated heterocycles. The molecule has 140 valence electrons. The summed E-state index contributed by atoms with van der Waals surface area (Å²) in [6, 6.07) is 16.8. The predicted octanol–water partition coefficient (Wildman–Crippen LogP) is 3.74. The summed E-state index contributed by atoms with van der Waals surface area (Å²) in [5.74, 6) is 0.128. The summed E-state index contributed by atoms with van der Waals surface area (Å²) in [5, 5.41) is 3.31. The number of imidazole rings is 1. The molecule has 2 heterocycles. The number of carbonyl (C=O) groups is 2. The molecular formula is C20H17N5O2S. The van der Waals surface area contributed by atoms with E-state index >= 15 is 0 Å². The second-order valence-electron chi connectivity index (χ2n) is 6.17. The Balaban J connectivity index is 1.60. The van der Waals surface area contributed by atoms with Gasteiger partial charge >= 0.3 is 0 Å². The number of carbonyl (C=O) groups excluding carboxylic acids is 2. The van der Waals surface area contributed by atoms with Crippen LogP contribution in [0.25, 0.3) is 0 Å². The molecule has 0 saturated carbocycles. The van der Waals surface area contributed by atoms with Crippen LogP contribution >= 0.6 is 11.8 Å². The number of amidine groups is 1. The van der Waals surface area contributed by atoms with E-state index in [-0.39, 0.29) is 23.3 Å². The van der Waals surface area contributed by atoms with Crippen molar-refractivity contribution in [2.24, 2.45) is 4.99 Å². The number of anilines is 2. The summed E-state index contributed by atoms with van der Waals surface area (Å²) in [7, 11) is 0. The smallest absolute Gasteiger partial charge is 0.276 e. The first-order chi connectivity index (χ1) is 13.6. The summed E-state index contributed by atoms with van der Waals surface area (Å²) in [5.41, 5.74) is 2.76. The number of aromatic amines is 1. The van der Waals surface area contributed by atoms with Crippen LogP contribution in [0, 0.1) is 6.92 Å². The summed E-state index contributed by atoms with van der Waals surface area (Å²) in [6.45, 7) is 1.98. The number of hydrogen-bond acceptors (Lipinski definition) is 5. The number of rotatable bonds is 4. The molecule has 0 atom stereocenters. The van der Waals surface area contributed by atoms with Gasteiger partial charge in [-0.25, -0.2) is 9.98 Å². The molecule has 0 aliphatic carbocycles. The average Bonchev–Trinajstić information content (AvgIpc) is 3.31. The van der Waals surface area contributed by atoms with Crippen LogP contribution in [0.3, 0.4) is 0 Å². The molecule has 3 aromatic rings. The fourth-order valence-corrected chi connectivity index (χ4v) is 3.60. The minimum atomic E-state index is -0.346. The zero-order valence-corrected chi connectivity index (χ0v) is 15.9. The second kappa shape index (κ2) is 7.69. The van der Waals surface area contributed by atoms with E-state index in [2.05, 4.69) is 20.3 Å². The lowest BCUT2D eigenvalue weighted by molar-refractivity contribution is -0.115. The van der Waals surface area contributed by atoms with Crippen LogP contribution in [0.2, 0.25) is 0 Å². The van der Waals surface area contributed by atoms with Crippen LogP contribution in [0.15, 0.2) is 65.9 Å². The lowest BCUT2D eigenvalue weighted by atomic mass is 10.2. The molecule has 1 aromatic heterocycles. The highest BCUT2D eigenvalue weighted by Crippen LogP contribution is 2.29. The van der Waals surface area contributed by atoms with E-state index in [1.165, 1.54) is 18.1 Å². The molecule has 7 nitrogen and oxygen atoms in total. The van der Waals surface area contributed by atoms with Crippen molar-refractivity contribution in [1.82, 2.24) is 9.97 Å². The lowest BCUT2D eigenvalue weighted by Gasteiger charge is -2.15. The van der Waals surface area contributed by atoms with Gasteiger partial charge < -0.3 is 10.3 Å². The molecule has 2 N–H and O–H groups in total. The number of aliphatic imine (C=N–C) groups is 1. The Morgan fingerprint density at radius 2 is 1.93 bits per heavy atom. The van der Waals surface area contributed by atoms with Crippen molar-refractivity contribution in [3.05, 3.63) is 72.2 Å². The zero-order chi connectivity index (χ0) is 19.5. The highest BCUT2D eigenvalue weighted by atomic mass is 32.2. The van der Waals surface area contributed by atoms with Gasteiger partial charge in [-0.3, -0.25) is 14.5 Å². The molecule has 0 unspecified atom stereocenters. The van der Waals surface area contributed by atoms with Gasteiger partial charge in [0.15, 0.2) is 16.7 Å². The Morgan fingerprint density at radius 1 is 1.18 bits per heavy atom. The summed E-state index contributed by atoms with van der Waals surface area (Å²) < 4.78 is 0. The van der Waals surface area contributed by atoms with Gasteiger partial charge in [0.25, 0.3) is 5.91 Å². The largest absolute Gasteiger partial charge is 0.339 e.